The minimum Gasteiger partial charge on any atom is -0.491 e. The molecule has 3 rings (SSSR count). The van der Waals surface area contributed by atoms with Crippen LogP contribution >= 0.6 is 11.3 Å². The third kappa shape index (κ3) is 3.30. The first-order valence-electron chi connectivity index (χ1n) is 7.77. The Morgan fingerprint density at radius 2 is 1.81 bits per heavy atom. The number of fused-ring (bicyclic) bond motifs is 1. The van der Waals surface area contributed by atoms with Crippen LogP contribution in [0.15, 0.2) is 30.3 Å². The molecule has 0 saturated heterocycles. The topological polar surface area (TPSA) is 35.2 Å². The monoisotopic (exact) mass is 301 g/mol. The molecule has 1 heterocycles. The standard InChI is InChI=1S/C18H23NOS/c1-12(2)20-15-9-7-13(8-10-15)18(19)17-11-14-5-3-4-6-16(14)21-17/h7-12,18H,3-6,19H2,1-2H3. The lowest BCUT2D eigenvalue weighted by Gasteiger charge is -2.13. The highest BCUT2D eigenvalue weighted by Gasteiger charge is 2.18. The Labute approximate surface area is 130 Å². The van der Waals surface area contributed by atoms with Crippen LogP contribution in [0.2, 0.25) is 0 Å². The van der Waals surface area contributed by atoms with Crippen molar-refractivity contribution in [3.8, 4) is 5.75 Å². The van der Waals surface area contributed by atoms with Crippen LogP contribution in [0.3, 0.4) is 0 Å². The van der Waals surface area contributed by atoms with Gasteiger partial charge in [0.15, 0.2) is 0 Å². The Bertz CT molecular complexity index is 577. The van der Waals surface area contributed by atoms with Crippen molar-refractivity contribution in [2.75, 3.05) is 0 Å². The maximum Gasteiger partial charge on any atom is 0.119 e. The Morgan fingerprint density at radius 3 is 2.48 bits per heavy atom. The third-order valence-corrected chi connectivity index (χ3v) is 5.25. The van der Waals surface area contributed by atoms with Crippen molar-refractivity contribution in [1.82, 2.24) is 0 Å². The van der Waals surface area contributed by atoms with E-state index in [1.54, 1.807) is 4.88 Å². The fourth-order valence-corrected chi connectivity index (χ4v) is 4.14. The van der Waals surface area contributed by atoms with Crippen LogP contribution in [0.1, 0.15) is 53.6 Å². The van der Waals surface area contributed by atoms with E-state index in [2.05, 4.69) is 18.2 Å². The summed E-state index contributed by atoms with van der Waals surface area (Å²) in [6, 6.07) is 10.5. The van der Waals surface area contributed by atoms with Crippen LogP contribution in [0.25, 0.3) is 0 Å². The summed E-state index contributed by atoms with van der Waals surface area (Å²) in [5.74, 6) is 0.909. The average Bonchev–Trinajstić information content (AvgIpc) is 2.90. The van der Waals surface area contributed by atoms with Gasteiger partial charge in [-0.25, -0.2) is 0 Å². The summed E-state index contributed by atoms with van der Waals surface area (Å²) in [7, 11) is 0. The molecule has 3 heteroatoms. The fourth-order valence-electron chi connectivity index (χ4n) is 2.86. The van der Waals surface area contributed by atoms with Crippen molar-refractivity contribution < 1.29 is 4.74 Å². The predicted octanol–water partition coefficient (Wildman–Crippen LogP) is 4.46. The lowest BCUT2D eigenvalue weighted by molar-refractivity contribution is 0.242. The average molecular weight is 301 g/mol. The van der Waals surface area contributed by atoms with Gasteiger partial charge in [0, 0.05) is 9.75 Å². The van der Waals surface area contributed by atoms with E-state index < -0.39 is 0 Å². The molecular weight excluding hydrogens is 278 g/mol. The number of aryl methyl sites for hydroxylation is 2. The van der Waals surface area contributed by atoms with Crippen molar-refractivity contribution in [1.29, 1.82) is 0 Å². The summed E-state index contributed by atoms with van der Waals surface area (Å²) < 4.78 is 5.68. The summed E-state index contributed by atoms with van der Waals surface area (Å²) in [5.41, 5.74) is 9.13. The van der Waals surface area contributed by atoms with Gasteiger partial charge in [-0.3, -0.25) is 0 Å². The Balaban J connectivity index is 1.78. The van der Waals surface area contributed by atoms with Crippen LogP contribution in [0, 0.1) is 0 Å². The fraction of sp³-hybridized carbons (Fsp3) is 0.444. The van der Waals surface area contributed by atoms with Gasteiger partial charge < -0.3 is 10.5 Å². The van der Waals surface area contributed by atoms with E-state index in [9.17, 15) is 0 Å². The molecule has 1 unspecified atom stereocenters. The van der Waals surface area contributed by atoms with Crippen LogP contribution < -0.4 is 10.5 Å². The van der Waals surface area contributed by atoms with E-state index in [0.717, 1.165) is 11.3 Å². The molecule has 2 nitrogen and oxygen atoms in total. The number of hydrogen-bond acceptors (Lipinski definition) is 3. The zero-order chi connectivity index (χ0) is 14.8. The molecule has 0 spiro atoms. The minimum absolute atomic E-state index is 0.0197. The summed E-state index contributed by atoms with van der Waals surface area (Å²) >= 11 is 1.90. The van der Waals surface area contributed by atoms with Crippen molar-refractivity contribution in [2.45, 2.75) is 51.7 Å². The zero-order valence-corrected chi connectivity index (χ0v) is 13.6. The molecule has 1 aliphatic carbocycles. The molecule has 1 atom stereocenters. The van der Waals surface area contributed by atoms with Gasteiger partial charge in [-0.05, 0) is 68.9 Å². The van der Waals surface area contributed by atoms with E-state index >= 15 is 0 Å². The molecule has 1 aromatic carbocycles. The molecule has 0 aliphatic heterocycles. The largest absolute Gasteiger partial charge is 0.491 e. The maximum atomic E-state index is 6.45. The molecule has 2 N–H and O–H groups in total. The lowest BCUT2D eigenvalue weighted by atomic mass is 9.98. The first-order valence-corrected chi connectivity index (χ1v) is 8.59. The zero-order valence-electron chi connectivity index (χ0n) is 12.8. The Hall–Kier alpha value is -1.32. The van der Waals surface area contributed by atoms with E-state index in [4.69, 9.17) is 10.5 Å². The van der Waals surface area contributed by atoms with E-state index in [0.29, 0.717) is 0 Å². The van der Waals surface area contributed by atoms with Crippen molar-refractivity contribution in [2.24, 2.45) is 5.73 Å². The molecule has 112 valence electrons. The Kier molecular flexibility index (Phi) is 4.32. The molecule has 0 fully saturated rings. The number of nitrogens with two attached hydrogens (primary N) is 1. The van der Waals surface area contributed by atoms with E-state index in [-0.39, 0.29) is 12.1 Å². The second kappa shape index (κ2) is 6.20. The van der Waals surface area contributed by atoms with Gasteiger partial charge in [-0.1, -0.05) is 12.1 Å². The Morgan fingerprint density at radius 1 is 1.10 bits per heavy atom. The van der Waals surface area contributed by atoms with Crippen LogP contribution in [-0.4, -0.2) is 6.10 Å². The van der Waals surface area contributed by atoms with Crippen LogP contribution in [0.4, 0.5) is 0 Å². The van der Waals surface area contributed by atoms with Gasteiger partial charge in [0.05, 0.1) is 12.1 Å². The second-order valence-electron chi connectivity index (χ2n) is 6.02. The highest BCUT2D eigenvalue weighted by Crippen LogP contribution is 2.34. The molecule has 0 saturated carbocycles. The summed E-state index contributed by atoms with van der Waals surface area (Å²) in [6.07, 6.45) is 5.30. The molecule has 0 amide bonds. The quantitative estimate of drug-likeness (QED) is 0.904. The van der Waals surface area contributed by atoms with Crippen molar-refractivity contribution >= 4 is 11.3 Å². The van der Waals surface area contributed by atoms with Gasteiger partial charge >= 0.3 is 0 Å². The number of benzene rings is 1. The number of thiophene rings is 1. The molecule has 0 radical (unpaired) electrons. The number of ether oxygens (including phenoxy) is 1. The highest BCUT2D eigenvalue weighted by atomic mass is 32.1. The van der Waals surface area contributed by atoms with Gasteiger partial charge in [0.2, 0.25) is 0 Å². The van der Waals surface area contributed by atoms with Gasteiger partial charge in [-0.2, -0.15) is 0 Å². The summed E-state index contributed by atoms with van der Waals surface area (Å²) in [6.45, 7) is 4.08. The number of rotatable bonds is 4. The first-order chi connectivity index (χ1) is 10.1. The first kappa shape index (κ1) is 14.6. The summed E-state index contributed by atoms with van der Waals surface area (Å²) in [4.78, 5) is 2.84. The van der Waals surface area contributed by atoms with Crippen LogP contribution in [0.5, 0.6) is 5.75 Å². The highest BCUT2D eigenvalue weighted by molar-refractivity contribution is 7.12. The van der Waals surface area contributed by atoms with Gasteiger partial charge in [0.25, 0.3) is 0 Å². The van der Waals surface area contributed by atoms with Crippen molar-refractivity contribution in [3.05, 3.63) is 51.2 Å². The van der Waals surface area contributed by atoms with Crippen LogP contribution in [-0.2, 0) is 12.8 Å². The predicted molar refractivity (Wildman–Crippen MR) is 89.2 cm³/mol. The van der Waals surface area contributed by atoms with Gasteiger partial charge in [0.1, 0.15) is 5.75 Å². The SMILES string of the molecule is CC(C)Oc1ccc(C(N)c2cc3c(s2)CCCC3)cc1. The maximum absolute atomic E-state index is 6.45. The molecule has 2 aromatic rings. The molecule has 1 aliphatic rings. The number of hydrogen-bond donors (Lipinski definition) is 1. The normalized spacial score (nSPS) is 15.8. The third-order valence-electron chi connectivity index (χ3n) is 3.93. The molecule has 21 heavy (non-hydrogen) atoms. The lowest BCUT2D eigenvalue weighted by Crippen LogP contribution is -2.10. The van der Waals surface area contributed by atoms with E-state index in [1.807, 2.05) is 37.3 Å². The minimum atomic E-state index is -0.0197. The molecule has 1 aromatic heterocycles. The summed E-state index contributed by atoms with van der Waals surface area (Å²) in [5, 5.41) is 0. The second-order valence-corrected chi connectivity index (χ2v) is 7.19. The molecule has 0 bridgehead atoms. The van der Waals surface area contributed by atoms with E-state index in [1.165, 1.54) is 36.1 Å². The molecular formula is C18H23NOS. The smallest absolute Gasteiger partial charge is 0.119 e. The van der Waals surface area contributed by atoms with Gasteiger partial charge in [-0.15, -0.1) is 11.3 Å². The van der Waals surface area contributed by atoms with Crippen molar-refractivity contribution in [3.63, 3.8) is 0 Å².